The summed E-state index contributed by atoms with van der Waals surface area (Å²) in [6, 6.07) is 29.1. The van der Waals surface area contributed by atoms with E-state index in [1.165, 1.54) is 6.26 Å². The Balaban J connectivity index is 1.26. The van der Waals surface area contributed by atoms with E-state index in [9.17, 15) is 9.59 Å². The second kappa shape index (κ2) is 10.4. The van der Waals surface area contributed by atoms with Gasteiger partial charge in [0.25, 0.3) is 5.91 Å². The van der Waals surface area contributed by atoms with Crippen LogP contribution < -0.4 is 20.2 Å². The molecule has 0 aliphatic heterocycles. The number of halogens is 1. The number of para-hydroxylation sites is 1. The Labute approximate surface area is 211 Å². The van der Waals surface area contributed by atoms with E-state index in [1.807, 2.05) is 42.5 Å². The van der Waals surface area contributed by atoms with Crippen molar-refractivity contribution in [3.63, 3.8) is 0 Å². The average Bonchev–Trinajstić information content (AvgIpc) is 2.91. The lowest BCUT2D eigenvalue weighted by molar-refractivity contribution is -0.118. The molecule has 0 fully saturated rings. The van der Waals surface area contributed by atoms with E-state index in [4.69, 9.17) is 25.5 Å². The molecular weight excluding hydrogens is 478 g/mol. The molecule has 0 bridgehead atoms. The standard InChI is InChI=1S/C29H20ClNO5/c30-24-8-4-5-9-25(24)31-28(32)18-34-22-14-15-23-26(16-22)35-17-27(29(23)33)36-21-12-10-20(11-13-21)19-6-2-1-3-7-19/h1-17H,18H2,(H,31,32). The van der Waals surface area contributed by atoms with E-state index in [0.717, 1.165) is 11.1 Å². The van der Waals surface area contributed by atoms with Crippen LogP contribution in [0.3, 0.4) is 0 Å². The van der Waals surface area contributed by atoms with E-state index in [1.54, 1.807) is 54.6 Å². The van der Waals surface area contributed by atoms with Gasteiger partial charge in [-0.05, 0) is 47.5 Å². The summed E-state index contributed by atoms with van der Waals surface area (Å²) in [5, 5.41) is 3.45. The van der Waals surface area contributed by atoms with Gasteiger partial charge < -0.3 is 19.2 Å². The fraction of sp³-hybridized carbons (Fsp3) is 0.0345. The number of fused-ring (bicyclic) bond motifs is 1. The van der Waals surface area contributed by atoms with Crippen LogP contribution in [0.4, 0.5) is 5.69 Å². The minimum Gasteiger partial charge on any atom is -0.484 e. The summed E-state index contributed by atoms with van der Waals surface area (Å²) in [7, 11) is 0. The van der Waals surface area contributed by atoms with Crippen molar-refractivity contribution in [2.24, 2.45) is 0 Å². The maximum Gasteiger partial charge on any atom is 0.262 e. The first-order chi connectivity index (χ1) is 17.6. The Morgan fingerprint density at radius 2 is 1.53 bits per heavy atom. The summed E-state index contributed by atoms with van der Waals surface area (Å²) < 4.78 is 17.0. The zero-order valence-corrected chi connectivity index (χ0v) is 19.7. The second-order valence-corrected chi connectivity index (χ2v) is 8.30. The van der Waals surface area contributed by atoms with Gasteiger partial charge in [0.2, 0.25) is 11.2 Å². The fourth-order valence-corrected chi connectivity index (χ4v) is 3.80. The van der Waals surface area contributed by atoms with Crippen molar-refractivity contribution < 1.29 is 18.7 Å². The average molecular weight is 498 g/mol. The zero-order valence-electron chi connectivity index (χ0n) is 18.9. The van der Waals surface area contributed by atoms with Gasteiger partial charge in [-0.15, -0.1) is 0 Å². The number of hydrogen-bond donors (Lipinski definition) is 1. The van der Waals surface area contributed by atoms with Crippen molar-refractivity contribution in [3.05, 3.63) is 119 Å². The fourth-order valence-electron chi connectivity index (χ4n) is 3.62. The molecular formula is C29H20ClNO5. The minimum absolute atomic E-state index is 0.0720. The van der Waals surface area contributed by atoms with Gasteiger partial charge >= 0.3 is 0 Å². The highest BCUT2D eigenvalue weighted by molar-refractivity contribution is 6.33. The molecule has 1 N–H and O–H groups in total. The van der Waals surface area contributed by atoms with Crippen molar-refractivity contribution >= 4 is 34.2 Å². The van der Waals surface area contributed by atoms with Crippen molar-refractivity contribution in [1.82, 2.24) is 0 Å². The number of nitrogens with one attached hydrogen (secondary N) is 1. The minimum atomic E-state index is -0.369. The summed E-state index contributed by atoms with van der Waals surface area (Å²) in [6.07, 6.45) is 1.27. The van der Waals surface area contributed by atoms with E-state index in [0.29, 0.717) is 33.2 Å². The first-order valence-electron chi connectivity index (χ1n) is 11.1. The van der Waals surface area contributed by atoms with Crippen LogP contribution in [0.25, 0.3) is 22.1 Å². The van der Waals surface area contributed by atoms with E-state index in [-0.39, 0.29) is 23.7 Å². The monoisotopic (exact) mass is 497 g/mol. The molecule has 178 valence electrons. The SMILES string of the molecule is O=C(COc1ccc2c(=O)c(Oc3ccc(-c4ccccc4)cc3)coc2c1)Nc1ccccc1Cl. The molecule has 7 heteroatoms. The number of benzene rings is 4. The van der Waals surface area contributed by atoms with Crippen molar-refractivity contribution in [1.29, 1.82) is 0 Å². The van der Waals surface area contributed by atoms with Crippen molar-refractivity contribution in [2.75, 3.05) is 11.9 Å². The van der Waals surface area contributed by atoms with Crippen LogP contribution in [-0.4, -0.2) is 12.5 Å². The molecule has 1 amide bonds. The summed E-state index contributed by atoms with van der Waals surface area (Å²) in [4.78, 5) is 25.1. The van der Waals surface area contributed by atoms with Crippen LogP contribution in [0.15, 0.2) is 113 Å². The highest BCUT2D eigenvalue weighted by atomic mass is 35.5. The zero-order chi connectivity index (χ0) is 24.9. The topological polar surface area (TPSA) is 77.8 Å². The molecule has 0 saturated heterocycles. The Bertz CT molecular complexity index is 1580. The predicted molar refractivity (Wildman–Crippen MR) is 140 cm³/mol. The van der Waals surface area contributed by atoms with Crippen molar-refractivity contribution in [3.8, 4) is 28.4 Å². The van der Waals surface area contributed by atoms with E-state index < -0.39 is 0 Å². The van der Waals surface area contributed by atoms with Crippen LogP contribution in [-0.2, 0) is 4.79 Å². The first kappa shape index (κ1) is 23.2. The molecule has 36 heavy (non-hydrogen) atoms. The highest BCUT2D eigenvalue weighted by Gasteiger charge is 2.12. The van der Waals surface area contributed by atoms with Gasteiger partial charge in [0.15, 0.2) is 6.61 Å². The molecule has 5 rings (SSSR count). The quantitative estimate of drug-likeness (QED) is 0.264. The van der Waals surface area contributed by atoms with Gasteiger partial charge in [-0.25, -0.2) is 0 Å². The Kier molecular flexibility index (Phi) is 6.69. The number of rotatable bonds is 7. The normalized spacial score (nSPS) is 10.7. The van der Waals surface area contributed by atoms with Gasteiger partial charge in [0.1, 0.15) is 23.3 Å². The lowest BCUT2D eigenvalue weighted by Crippen LogP contribution is -2.20. The maximum atomic E-state index is 12.9. The van der Waals surface area contributed by atoms with Gasteiger partial charge in [-0.2, -0.15) is 0 Å². The third kappa shape index (κ3) is 5.24. The van der Waals surface area contributed by atoms with Crippen LogP contribution in [0.1, 0.15) is 0 Å². The molecule has 0 aliphatic rings. The van der Waals surface area contributed by atoms with Crippen LogP contribution >= 0.6 is 11.6 Å². The Hall–Kier alpha value is -4.55. The number of anilines is 1. The van der Waals surface area contributed by atoms with Crippen LogP contribution in [0.2, 0.25) is 5.02 Å². The van der Waals surface area contributed by atoms with Gasteiger partial charge in [0, 0.05) is 6.07 Å². The smallest absolute Gasteiger partial charge is 0.262 e. The Morgan fingerprint density at radius 3 is 2.31 bits per heavy atom. The summed E-state index contributed by atoms with van der Waals surface area (Å²) in [6.45, 7) is -0.235. The molecule has 1 heterocycles. The molecule has 6 nitrogen and oxygen atoms in total. The summed E-state index contributed by atoms with van der Waals surface area (Å²) >= 11 is 6.05. The van der Waals surface area contributed by atoms with Gasteiger partial charge in [0.05, 0.1) is 16.1 Å². The first-order valence-corrected chi connectivity index (χ1v) is 11.5. The molecule has 0 radical (unpaired) electrons. The molecule has 1 aromatic heterocycles. The number of carbonyl (C=O) groups excluding carboxylic acids is 1. The van der Waals surface area contributed by atoms with E-state index >= 15 is 0 Å². The largest absolute Gasteiger partial charge is 0.484 e. The number of amides is 1. The molecule has 0 aliphatic carbocycles. The molecule has 4 aromatic carbocycles. The number of carbonyl (C=O) groups is 1. The molecule has 0 saturated carbocycles. The van der Waals surface area contributed by atoms with Crippen LogP contribution in [0.5, 0.6) is 17.2 Å². The third-order valence-corrected chi connectivity index (χ3v) is 5.75. The van der Waals surface area contributed by atoms with Gasteiger partial charge in [-0.3, -0.25) is 9.59 Å². The van der Waals surface area contributed by atoms with E-state index in [2.05, 4.69) is 5.32 Å². The number of ether oxygens (including phenoxy) is 2. The lowest BCUT2D eigenvalue weighted by Gasteiger charge is -2.10. The molecule has 5 aromatic rings. The third-order valence-electron chi connectivity index (χ3n) is 5.42. The maximum absolute atomic E-state index is 12.9. The summed E-state index contributed by atoms with van der Waals surface area (Å²) in [5.74, 6) is 0.602. The molecule has 0 unspecified atom stereocenters. The predicted octanol–water partition coefficient (Wildman–Crippen LogP) is 6.92. The van der Waals surface area contributed by atoms with Crippen LogP contribution in [0, 0.1) is 0 Å². The second-order valence-electron chi connectivity index (χ2n) is 7.90. The lowest BCUT2D eigenvalue weighted by atomic mass is 10.1. The van der Waals surface area contributed by atoms with Gasteiger partial charge in [-0.1, -0.05) is 66.2 Å². The Morgan fingerprint density at radius 1 is 0.833 bits per heavy atom. The van der Waals surface area contributed by atoms with Crippen molar-refractivity contribution in [2.45, 2.75) is 0 Å². The summed E-state index contributed by atoms with van der Waals surface area (Å²) in [5.41, 5.74) is 2.64. The molecule has 0 spiro atoms. The number of hydrogen-bond acceptors (Lipinski definition) is 5. The molecule has 0 atom stereocenters. The highest BCUT2D eigenvalue weighted by Crippen LogP contribution is 2.27.